The Morgan fingerprint density at radius 3 is 2.25 bits per heavy atom. The molecule has 3 aromatic carbocycles. The monoisotopic (exact) mass is 789 g/mol. The van der Waals surface area contributed by atoms with Crippen molar-refractivity contribution in [2.45, 2.75) is 76.2 Å². The molecule has 0 aliphatic carbocycles. The van der Waals surface area contributed by atoms with Crippen LogP contribution in [0.2, 0.25) is 10.0 Å². The summed E-state index contributed by atoms with van der Waals surface area (Å²) in [6.45, 7) is 10.2. The van der Waals surface area contributed by atoms with Crippen LogP contribution < -0.4 is 20.7 Å². The van der Waals surface area contributed by atoms with Crippen molar-refractivity contribution in [3.63, 3.8) is 0 Å². The van der Waals surface area contributed by atoms with Crippen LogP contribution in [0.15, 0.2) is 59.5 Å². The largest absolute Gasteiger partial charge is 0.469 e. The molecule has 286 valence electrons. The first-order valence-corrected chi connectivity index (χ1v) is 19.3. The molecular weight excluding hydrogens is 745 g/mol. The van der Waals surface area contributed by atoms with Crippen LogP contribution in [0.4, 0.5) is 26.7 Å². The number of nitrogen functional groups attached to an aromatic ring is 1. The highest BCUT2D eigenvalue weighted by atomic mass is 35.5. The Kier molecular flexibility index (Phi) is 13.3. The number of sulfonamides is 1. The van der Waals surface area contributed by atoms with Crippen LogP contribution in [0.25, 0.3) is 0 Å². The van der Waals surface area contributed by atoms with Gasteiger partial charge >= 0.3 is 18.1 Å². The zero-order valence-corrected chi connectivity index (χ0v) is 32.8. The number of amides is 4. The third-order valence-electron chi connectivity index (χ3n) is 8.66. The quantitative estimate of drug-likeness (QED) is 0.0913. The van der Waals surface area contributed by atoms with Crippen molar-refractivity contribution in [3.05, 3.63) is 81.3 Å². The first-order chi connectivity index (χ1) is 25.0. The van der Waals surface area contributed by atoms with Crippen LogP contribution >= 0.6 is 23.2 Å². The molecule has 13 nitrogen and oxygen atoms in total. The standard InChI is InChI=1S/C37H45Cl2N5O8S/c1-7-43(8-2)35(47)42-22-16-18-23(19-17-22)53(49,50)44-28-21-26(24(34(46)51-6)13-11-12-20-41-36(48)52-37(3,4)5)31(39)32(40)30(28)29(33(44)45)25-14-9-10-15-27(25)38/h9-10,14-19,21,24,29H,7-8,11-13,20,40H2,1-6H3,(H,41,48)(H,42,47)/t24-,29?/m0/s1. The predicted molar refractivity (Wildman–Crippen MR) is 205 cm³/mol. The molecule has 1 heterocycles. The third kappa shape index (κ3) is 9.17. The van der Waals surface area contributed by atoms with Gasteiger partial charge in [0.25, 0.3) is 15.9 Å². The molecule has 1 unspecified atom stereocenters. The minimum Gasteiger partial charge on any atom is -0.469 e. The summed E-state index contributed by atoms with van der Waals surface area (Å²) in [5, 5.41) is 5.57. The molecule has 0 bridgehead atoms. The van der Waals surface area contributed by atoms with Crippen LogP contribution in [-0.4, -0.2) is 69.7 Å². The highest BCUT2D eigenvalue weighted by Gasteiger charge is 2.48. The molecule has 2 atom stereocenters. The lowest BCUT2D eigenvalue weighted by Gasteiger charge is -2.23. The van der Waals surface area contributed by atoms with Crippen LogP contribution in [0.5, 0.6) is 0 Å². The Morgan fingerprint density at radius 1 is 1.02 bits per heavy atom. The average Bonchev–Trinajstić information content (AvgIpc) is 3.40. The van der Waals surface area contributed by atoms with Gasteiger partial charge in [0.1, 0.15) is 5.60 Å². The number of esters is 1. The first-order valence-electron chi connectivity index (χ1n) is 17.1. The average molecular weight is 791 g/mol. The molecule has 1 aliphatic heterocycles. The number of alkyl carbamates (subject to hydrolysis) is 1. The number of fused-ring (bicyclic) bond motifs is 1. The summed E-state index contributed by atoms with van der Waals surface area (Å²) in [6.07, 6.45) is 0.498. The van der Waals surface area contributed by atoms with Crippen molar-refractivity contribution in [1.82, 2.24) is 10.2 Å². The summed E-state index contributed by atoms with van der Waals surface area (Å²) in [5.41, 5.74) is 6.77. The number of nitrogens with two attached hydrogens (primary N) is 1. The molecule has 0 saturated carbocycles. The lowest BCUT2D eigenvalue weighted by molar-refractivity contribution is -0.142. The molecule has 0 saturated heterocycles. The Bertz CT molecular complexity index is 1960. The van der Waals surface area contributed by atoms with Gasteiger partial charge in [0.2, 0.25) is 0 Å². The Labute approximate surface area is 320 Å². The first kappa shape index (κ1) is 41.2. The van der Waals surface area contributed by atoms with Gasteiger partial charge in [-0.05, 0) is 95.0 Å². The normalized spacial score (nSPS) is 14.7. The number of hydrogen-bond donors (Lipinski definition) is 3. The molecule has 0 radical (unpaired) electrons. The topological polar surface area (TPSA) is 177 Å². The van der Waals surface area contributed by atoms with E-state index >= 15 is 0 Å². The maximum atomic E-state index is 14.4. The second-order valence-corrected chi connectivity index (χ2v) is 15.9. The van der Waals surface area contributed by atoms with Gasteiger partial charge in [-0.3, -0.25) is 9.59 Å². The lowest BCUT2D eigenvalue weighted by Crippen LogP contribution is -2.35. The van der Waals surface area contributed by atoms with Crippen LogP contribution in [0, 0.1) is 0 Å². The smallest absolute Gasteiger partial charge is 0.407 e. The van der Waals surface area contributed by atoms with Crippen molar-refractivity contribution >= 4 is 74.3 Å². The van der Waals surface area contributed by atoms with Crippen molar-refractivity contribution in [2.75, 3.05) is 42.1 Å². The molecule has 0 spiro atoms. The SMILES string of the molecule is CCN(CC)C(=O)Nc1ccc(S(=O)(=O)N2C(=O)C(c3ccccc3Cl)c3c2cc([C@H](CCCCNC(=O)OC(C)(C)C)C(=O)OC)c(Cl)c3N)cc1. The Hall–Kier alpha value is -4.53. The van der Waals surface area contributed by atoms with E-state index in [1.807, 2.05) is 13.8 Å². The number of nitrogens with one attached hydrogen (secondary N) is 2. The summed E-state index contributed by atoms with van der Waals surface area (Å²) in [5.74, 6) is -3.76. The van der Waals surface area contributed by atoms with Gasteiger partial charge in [-0.1, -0.05) is 47.8 Å². The van der Waals surface area contributed by atoms with Gasteiger partial charge in [0.05, 0.1) is 40.2 Å². The molecule has 53 heavy (non-hydrogen) atoms. The Balaban J connectivity index is 1.75. The number of hydrogen-bond acceptors (Lipinski definition) is 9. The second-order valence-electron chi connectivity index (χ2n) is 13.3. The molecule has 1 aliphatic rings. The van der Waals surface area contributed by atoms with E-state index in [1.54, 1.807) is 49.9 Å². The van der Waals surface area contributed by atoms with E-state index in [2.05, 4.69) is 10.6 Å². The zero-order chi connectivity index (χ0) is 39.2. The summed E-state index contributed by atoms with van der Waals surface area (Å²) in [7, 11) is -3.40. The fourth-order valence-electron chi connectivity index (χ4n) is 6.08. The summed E-state index contributed by atoms with van der Waals surface area (Å²) in [6, 6.07) is 13.0. The number of benzene rings is 3. The van der Waals surface area contributed by atoms with E-state index in [1.165, 1.54) is 37.4 Å². The van der Waals surface area contributed by atoms with Gasteiger partial charge in [-0.2, -0.15) is 0 Å². The number of carbonyl (C=O) groups excluding carboxylic acids is 4. The van der Waals surface area contributed by atoms with Crippen molar-refractivity contribution in [2.24, 2.45) is 0 Å². The van der Waals surface area contributed by atoms with Crippen LogP contribution in [0.3, 0.4) is 0 Å². The van der Waals surface area contributed by atoms with E-state index in [-0.39, 0.29) is 56.4 Å². The zero-order valence-electron chi connectivity index (χ0n) is 30.5. The minimum absolute atomic E-state index is 0.0385. The van der Waals surface area contributed by atoms with Crippen LogP contribution in [0.1, 0.15) is 82.4 Å². The maximum absolute atomic E-state index is 14.4. The summed E-state index contributed by atoms with van der Waals surface area (Å²) >= 11 is 13.4. The number of anilines is 3. The molecule has 4 N–H and O–H groups in total. The van der Waals surface area contributed by atoms with E-state index in [0.717, 1.165) is 0 Å². The summed E-state index contributed by atoms with van der Waals surface area (Å²) < 4.78 is 39.9. The van der Waals surface area contributed by atoms with E-state index in [4.69, 9.17) is 38.4 Å². The maximum Gasteiger partial charge on any atom is 0.407 e. The third-order valence-corrected chi connectivity index (χ3v) is 11.2. The van der Waals surface area contributed by atoms with E-state index in [9.17, 15) is 27.6 Å². The number of halogens is 2. The van der Waals surface area contributed by atoms with Gasteiger partial charge in [-0.25, -0.2) is 22.3 Å². The Morgan fingerprint density at radius 2 is 1.66 bits per heavy atom. The lowest BCUT2D eigenvalue weighted by atomic mass is 9.87. The second kappa shape index (κ2) is 17.1. The fourth-order valence-corrected chi connectivity index (χ4v) is 8.06. The summed E-state index contributed by atoms with van der Waals surface area (Å²) in [4.78, 5) is 53.6. The number of rotatable bonds is 13. The number of ether oxygens (including phenoxy) is 2. The molecule has 4 rings (SSSR count). The van der Waals surface area contributed by atoms with E-state index < -0.39 is 45.4 Å². The van der Waals surface area contributed by atoms with Gasteiger partial charge in [-0.15, -0.1) is 0 Å². The highest BCUT2D eigenvalue weighted by molar-refractivity contribution is 7.93. The molecule has 4 amide bonds. The number of unbranched alkanes of at least 4 members (excludes halogenated alkanes) is 1. The number of urea groups is 1. The molecular formula is C37H45Cl2N5O8S. The number of nitrogens with zero attached hydrogens (tertiary/aromatic N) is 2. The molecule has 0 aromatic heterocycles. The van der Waals surface area contributed by atoms with Crippen molar-refractivity contribution in [1.29, 1.82) is 0 Å². The van der Waals surface area contributed by atoms with Gasteiger partial charge < -0.3 is 30.7 Å². The molecule has 3 aromatic rings. The molecule has 0 fully saturated rings. The van der Waals surface area contributed by atoms with Crippen molar-refractivity contribution in [3.8, 4) is 0 Å². The fraction of sp³-hybridized carbons (Fsp3) is 0.405. The highest BCUT2D eigenvalue weighted by Crippen LogP contribution is 2.52. The van der Waals surface area contributed by atoms with E-state index in [0.29, 0.717) is 41.5 Å². The number of carbonyl (C=O) groups is 4. The molecule has 16 heteroatoms. The number of methoxy groups -OCH3 is 1. The van der Waals surface area contributed by atoms with Crippen LogP contribution in [-0.2, 0) is 29.1 Å². The van der Waals surface area contributed by atoms with Crippen molar-refractivity contribution < 1.29 is 37.1 Å². The van der Waals surface area contributed by atoms with Gasteiger partial charge in [0.15, 0.2) is 0 Å². The minimum atomic E-state index is -4.62. The predicted octanol–water partition coefficient (Wildman–Crippen LogP) is 7.27. The van der Waals surface area contributed by atoms with Gasteiger partial charge in [0, 0.05) is 35.9 Å².